The molecule has 20 heavy (non-hydrogen) atoms. The smallest absolute Gasteiger partial charge is 0.163 e. The third-order valence-corrected chi connectivity index (χ3v) is 1.81. The Bertz CT molecular complexity index is 820. The zero-order valence-corrected chi connectivity index (χ0v) is 11.4. The maximum absolute atomic E-state index is 3.89. The highest BCUT2D eigenvalue weighted by Gasteiger charge is 2.09. The highest BCUT2D eigenvalue weighted by atomic mass is 14.7. The van der Waals surface area contributed by atoms with E-state index in [1.807, 2.05) is 6.92 Å². The first-order chi connectivity index (χ1) is 9.68. The van der Waals surface area contributed by atoms with Gasteiger partial charge in [0.05, 0.1) is 0 Å². The summed E-state index contributed by atoms with van der Waals surface area (Å²) in [7, 11) is 0. The molecule has 0 aromatic carbocycles. The van der Waals surface area contributed by atoms with Gasteiger partial charge in [0, 0.05) is 6.08 Å². The van der Waals surface area contributed by atoms with Crippen LogP contribution in [0.1, 0.15) is 6.92 Å². The van der Waals surface area contributed by atoms with Crippen LogP contribution in [0.25, 0.3) is 0 Å². The van der Waals surface area contributed by atoms with E-state index < -0.39 is 0 Å². The van der Waals surface area contributed by atoms with Crippen molar-refractivity contribution in [3.63, 3.8) is 0 Å². The second-order valence-electron chi connectivity index (χ2n) is 3.50. The molecule has 2 heteroatoms. The molecule has 0 rings (SSSR count). The minimum absolute atomic E-state index is 0.0987. The Kier molecular flexibility index (Phi) is 10.3. The van der Waals surface area contributed by atoms with Crippen molar-refractivity contribution in [2.24, 2.45) is 0 Å². The summed E-state index contributed by atoms with van der Waals surface area (Å²) in [6.07, 6.45) is 1.77. The maximum Gasteiger partial charge on any atom is 0.163 e. The van der Waals surface area contributed by atoms with Gasteiger partial charge in [-0.3, -0.25) is 0 Å². The summed E-state index contributed by atoms with van der Waals surface area (Å²) in [5.74, 6) is 0. The lowest BCUT2D eigenvalue weighted by Crippen LogP contribution is -2.77. The van der Waals surface area contributed by atoms with Gasteiger partial charge in [-0.15, -0.1) is 0 Å². The molecule has 0 aliphatic heterocycles. The standard InChI is InChI=1S/C18H12N2/c1-3-4-5-6-7-8-9-10-11-12-13-14-15-16-18(20)17(2)19/h16-18H,1,19-20H2,2H3/p+2/t17-,18-/m0/s1. The molecule has 0 aromatic rings. The average molecular weight is 258 g/mol. The van der Waals surface area contributed by atoms with Crippen LogP contribution < -0.4 is 11.5 Å². The third-order valence-electron chi connectivity index (χ3n) is 1.81. The molecule has 2 atom stereocenters. The van der Waals surface area contributed by atoms with E-state index >= 15 is 0 Å². The van der Waals surface area contributed by atoms with Crippen molar-refractivity contribution in [3.8, 4) is 0 Å². The average Bonchev–Trinajstić information content (AvgIpc) is 2.43. The molecule has 0 radical (unpaired) electrons. The van der Waals surface area contributed by atoms with Gasteiger partial charge in [0.2, 0.25) is 0 Å². The van der Waals surface area contributed by atoms with Crippen molar-refractivity contribution in [2.45, 2.75) is 19.0 Å². The summed E-state index contributed by atoms with van der Waals surface area (Å²) >= 11 is 0. The van der Waals surface area contributed by atoms with Crippen LogP contribution in [-0.4, -0.2) is 12.1 Å². The molecule has 0 saturated heterocycles. The molecule has 0 bridgehead atoms. The summed E-state index contributed by atoms with van der Waals surface area (Å²) in [5, 5.41) is 0. The van der Waals surface area contributed by atoms with E-state index in [9.17, 15) is 0 Å². The van der Waals surface area contributed by atoms with Gasteiger partial charge >= 0.3 is 0 Å². The van der Waals surface area contributed by atoms with Crippen molar-refractivity contribution >= 4 is 0 Å². The van der Waals surface area contributed by atoms with Gasteiger partial charge in [-0.05, 0) is 76.5 Å². The van der Waals surface area contributed by atoms with E-state index in [-0.39, 0.29) is 12.1 Å². The van der Waals surface area contributed by atoms with Crippen molar-refractivity contribution in [2.75, 3.05) is 0 Å². The molecule has 0 aliphatic rings. The SMILES string of the molecule is C=C=C=C=C=C=C=C=C=C=C=C=C=C=C[C@H]([NH3+])[C@H](C)[NH3+]. The molecule has 6 N–H and O–H groups in total. The molecule has 0 aliphatic carbocycles. The van der Waals surface area contributed by atoms with Gasteiger partial charge in [0.1, 0.15) is 6.04 Å². The fourth-order valence-electron chi connectivity index (χ4n) is 0.674. The van der Waals surface area contributed by atoms with Crippen molar-refractivity contribution in [1.82, 2.24) is 0 Å². The van der Waals surface area contributed by atoms with Crippen LogP contribution in [0.3, 0.4) is 0 Å². The maximum atomic E-state index is 3.89. The summed E-state index contributed by atoms with van der Waals surface area (Å²) in [6, 6.07) is 0.323. The Balaban J connectivity index is 5.38. The molecule has 2 nitrogen and oxygen atoms in total. The number of rotatable bonds is 2. The van der Waals surface area contributed by atoms with E-state index in [0.29, 0.717) is 0 Å². The quantitative estimate of drug-likeness (QED) is 0.675. The predicted octanol–water partition coefficient (Wildman–Crippen LogP) is 0.430. The lowest BCUT2D eigenvalue weighted by Gasteiger charge is -2.00. The first-order valence-corrected chi connectivity index (χ1v) is 5.70. The van der Waals surface area contributed by atoms with Gasteiger partial charge in [-0.2, -0.15) is 0 Å². The lowest BCUT2D eigenvalue weighted by atomic mass is 10.2. The van der Waals surface area contributed by atoms with Gasteiger partial charge in [0.25, 0.3) is 0 Å². The fourth-order valence-corrected chi connectivity index (χ4v) is 0.674. The Hall–Kier alpha value is -3.20. The molecule has 0 amide bonds. The summed E-state index contributed by atoms with van der Waals surface area (Å²) in [4.78, 5) is 0. The molecule has 0 fully saturated rings. The van der Waals surface area contributed by atoms with Crippen LogP contribution in [0.2, 0.25) is 0 Å². The number of hydrogen-bond acceptors (Lipinski definition) is 0. The van der Waals surface area contributed by atoms with Gasteiger partial charge in [-0.25, -0.2) is 0 Å². The molecule has 94 valence electrons. The minimum Gasteiger partial charge on any atom is -0.350 e. The normalized spacial score (nSPS) is 8.95. The number of quaternary nitrogens is 2. The monoisotopic (exact) mass is 258 g/mol. The van der Waals surface area contributed by atoms with E-state index in [1.54, 1.807) is 6.08 Å². The fraction of sp³-hybridized carbons (Fsp3) is 0.167. The number of hydrogen-bond donors (Lipinski definition) is 2. The van der Waals surface area contributed by atoms with Crippen molar-refractivity contribution < 1.29 is 11.5 Å². The molecule has 0 spiro atoms. The molecule has 0 aromatic heterocycles. The predicted molar refractivity (Wildman–Crippen MR) is 74.9 cm³/mol. The molecular weight excluding hydrogens is 244 g/mol. The first kappa shape index (κ1) is 16.8. The minimum atomic E-state index is 0.0987. The van der Waals surface area contributed by atoms with Crippen LogP contribution in [0, 0.1) is 0 Å². The Morgan fingerprint density at radius 2 is 1.15 bits per heavy atom. The first-order valence-electron chi connectivity index (χ1n) is 5.70. The highest BCUT2D eigenvalue weighted by Crippen LogP contribution is 1.79. The van der Waals surface area contributed by atoms with Crippen LogP contribution in [0.5, 0.6) is 0 Å². The van der Waals surface area contributed by atoms with E-state index in [1.165, 1.54) is 0 Å². The molecule has 0 saturated carbocycles. The second kappa shape index (κ2) is 12.3. The lowest BCUT2D eigenvalue weighted by molar-refractivity contribution is -0.513. The Morgan fingerprint density at radius 1 is 0.750 bits per heavy atom. The largest absolute Gasteiger partial charge is 0.350 e. The van der Waals surface area contributed by atoms with Crippen LogP contribution >= 0.6 is 0 Å². The molecule has 0 heterocycles. The topological polar surface area (TPSA) is 55.3 Å². The van der Waals surface area contributed by atoms with Gasteiger partial charge in [0.15, 0.2) is 6.04 Å². The van der Waals surface area contributed by atoms with E-state index in [2.05, 4.69) is 92.6 Å². The van der Waals surface area contributed by atoms with Gasteiger partial charge < -0.3 is 11.5 Å². The van der Waals surface area contributed by atoms with Crippen molar-refractivity contribution in [1.29, 1.82) is 0 Å². The van der Waals surface area contributed by atoms with Crippen LogP contribution in [0.15, 0.2) is 87.2 Å². The van der Waals surface area contributed by atoms with Crippen LogP contribution in [0.4, 0.5) is 0 Å². The zero-order valence-electron chi connectivity index (χ0n) is 11.4. The highest BCUT2D eigenvalue weighted by molar-refractivity contribution is 4.94. The summed E-state index contributed by atoms with van der Waals surface area (Å²) < 4.78 is 0. The Labute approximate surface area is 118 Å². The second-order valence-corrected chi connectivity index (χ2v) is 3.50. The molecular formula is C18H14N2+2. The van der Waals surface area contributed by atoms with Crippen molar-refractivity contribution in [3.05, 3.63) is 87.2 Å². The van der Waals surface area contributed by atoms with Gasteiger partial charge in [-0.1, -0.05) is 11.5 Å². The van der Waals surface area contributed by atoms with E-state index in [4.69, 9.17) is 0 Å². The van der Waals surface area contributed by atoms with E-state index in [0.717, 1.165) is 0 Å². The third kappa shape index (κ3) is 11.3. The zero-order chi connectivity index (χ0) is 15.1. The Morgan fingerprint density at radius 3 is 1.55 bits per heavy atom. The summed E-state index contributed by atoms with van der Waals surface area (Å²) in [5.41, 5.74) is 40.8. The molecule has 0 unspecified atom stereocenters. The summed E-state index contributed by atoms with van der Waals surface area (Å²) in [6.45, 7) is 5.29. The van der Waals surface area contributed by atoms with Crippen LogP contribution in [-0.2, 0) is 0 Å².